The van der Waals surface area contributed by atoms with Gasteiger partial charge < -0.3 is 10.1 Å². The quantitative estimate of drug-likeness (QED) is 0.871. The van der Waals surface area contributed by atoms with Crippen molar-refractivity contribution >= 4 is 29.3 Å². The number of carbonyl (C=O) groups excluding carboxylic acids is 2. The van der Waals surface area contributed by atoms with Crippen LogP contribution in [0.25, 0.3) is 0 Å². The maximum Gasteiger partial charge on any atom is 0.338 e. The highest BCUT2D eigenvalue weighted by Gasteiger charge is 2.17. The van der Waals surface area contributed by atoms with Crippen LogP contribution in [0, 0.1) is 13.8 Å². The van der Waals surface area contributed by atoms with Crippen LogP contribution in [0.4, 0.5) is 5.69 Å². The third-order valence-corrected chi connectivity index (χ3v) is 4.56. The number of anilines is 1. The van der Waals surface area contributed by atoms with E-state index in [1.807, 2.05) is 30.7 Å². The molecule has 3 rings (SSSR count). The average Bonchev–Trinajstić information content (AvgIpc) is 2.84. The molecule has 0 bridgehead atoms. The standard InChI is InChI=1S/C16H17N3O3S/c1-10-7-11(2)19(18-10)5-6-22-16(21)12-3-4-14-13(8-12)17-15(20)9-23-14/h3-4,7-8H,5-6,9H2,1-2H3,(H,17,20). The molecule has 2 aromatic rings. The number of esters is 1. The number of nitrogens with zero attached hydrogens (tertiary/aromatic N) is 2. The van der Waals surface area contributed by atoms with Crippen molar-refractivity contribution in [2.24, 2.45) is 0 Å². The molecular weight excluding hydrogens is 314 g/mol. The summed E-state index contributed by atoms with van der Waals surface area (Å²) in [7, 11) is 0. The SMILES string of the molecule is Cc1cc(C)n(CCOC(=O)c2ccc3c(c2)NC(=O)CS3)n1. The minimum atomic E-state index is -0.404. The molecule has 1 aliphatic heterocycles. The van der Waals surface area contributed by atoms with E-state index in [-0.39, 0.29) is 12.5 Å². The lowest BCUT2D eigenvalue weighted by molar-refractivity contribution is -0.113. The van der Waals surface area contributed by atoms with Crippen molar-refractivity contribution in [2.75, 3.05) is 17.7 Å². The van der Waals surface area contributed by atoms with E-state index in [1.54, 1.807) is 12.1 Å². The Morgan fingerprint density at radius 1 is 1.39 bits per heavy atom. The van der Waals surface area contributed by atoms with Gasteiger partial charge in [0.15, 0.2) is 0 Å². The maximum absolute atomic E-state index is 12.1. The van der Waals surface area contributed by atoms with Crippen LogP contribution in [-0.2, 0) is 16.1 Å². The number of aromatic nitrogens is 2. The van der Waals surface area contributed by atoms with Crippen LogP contribution in [0.5, 0.6) is 0 Å². The minimum Gasteiger partial charge on any atom is -0.460 e. The second-order valence-corrected chi connectivity index (χ2v) is 6.35. The van der Waals surface area contributed by atoms with Crippen LogP contribution in [0.3, 0.4) is 0 Å². The van der Waals surface area contributed by atoms with Crippen LogP contribution in [0.15, 0.2) is 29.2 Å². The fourth-order valence-electron chi connectivity index (χ4n) is 2.42. The summed E-state index contributed by atoms with van der Waals surface area (Å²) in [6, 6.07) is 7.18. The molecule has 23 heavy (non-hydrogen) atoms. The number of carbonyl (C=O) groups is 2. The minimum absolute atomic E-state index is 0.0578. The molecule has 1 aromatic carbocycles. The predicted octanol–water partition coefficient (Wildman–Crippen LogP) is 2.40. The van der Waals surface area contributed by atoms with Gasteiger partial charge in [-0.3, -0.25) is 9.48 Å². The van der Waals surface area contributed by atoms with Crippen molar-refractivity contribution in [3.63, 3.8) is 0 Å². The molecule has 0 fully saturated rings. The lowest BCUT2D eigenvalue weighted by Crippen LogP contribution is -2.19. The van der Waals surface area contributed by atoms with Gasteiger partial charge >= 0.3 is 5.97 Å². The lowest BCUT2D eigenvalue weighted by Gasteiger charge is -2.16. The van der Waals surface area contributed by atoms with Crippen LogP contribution < -0.4 is 5.32 Å². The monoisotopic (exact) mass is 331 g/mol. The van der Waals surface area contributed by atoms with E-state index >= 15 is 0 Å². The molecule has 6 nitrogen and oxygen atoms in total. The Kier molecular flexibility index (Phi) is 4.38. The van der Waals surface area contributed by atoms with Crippen molar-refractivity contribution in [1.29, 1.82) is 0 Å². The van der Waals surface area contributed by atoms with E-state index in [0.29, 0.717) is 23.5 Å². The van der Waals surface area contributed by atoms with Crippen LogP contribution in [0.1, 0.15) is 21.7 Å². The third-order valence-electron chi connectivity index (χ3n) is 3.49. The number of ether oxygens (including phenoxy) is 1. The van der Waals surface area contributed by atoms with Gasteiger partial charge in [0.25, 0.3) is 0 Å². The van der Waals surface area contributed by atoms with Crippen molar-refractivity contribution in [3.8, 4) is 0 Å². The normalized spacial score (nSPS) is 13.4. The predicted molar refractivity (Wildman–Crippen MR) is 87.8 cm³/mol. The number of fused-ring (bicyclic) bond motifs is 1. The van der Waals surface area contributed by atoms with E-state index in [9.17, 15) is 9.59 Å². The fourth-order valence-corrected chi connectivity index (χ4v) is 3.21. The summed E-state index contributed by atoms with van der Waals surface area (Å²) >= 11 is 1.46. The van der Waals surface area contributed by atoms with Crippen LogP contribution in [0.2, 0.25) is 0 Å². The zero-order chi connectivity index (χ0) is 16.4. The van der Waals surface area contributed by atoms with Crippen LogP contribution in [-0.4, -0.2) is 34.0 Å². The zero-order valence-electron chi connectivity index (χ0n) is 13.0. The molecule has 2 heterocycles. The van der Waals surface area contributed by atoms with Crippen LogP contribution >= 0.6 is 11.8 Å². The summed E-state index contributed by atoms with van der Waals surface area (Å²) < 4.78 is 7.11. The second kappa shape index (κ2) is 6.45. The number of thioether (sulfide) groups is 1. The number of benzene rings is 1. The number of aryl methyl sites for hydroxylation is 2. The maximum atomic E-state index is 12.1. The number of hydrogen-bond donors (Lipinski definition) is 1. The lowest BCUT2D eigenvalue weighted by atomic mass is 10.2. The molecule has 0 radical (unpaired) electrons. The van der Waals surface area contributed by atoms with E-state index in [2.05, 4.69) is 10.4 Å². The van der Waals surface area contributed by atoms with Gasteiger partial charge in [0.1, 0.15) is 6.61 Å². The van der Waals surface area contributed by atoms with Gasteiger partial charge in [0, 0.05) is 10.6 Å². The molecule has 1 aliphatic rings. The summed E-state index contributed by atoms with van der Waals surface area (Å²) in [6.45, 7) is 4.66. The number of nitrogens with one attached hydrogen (secondary N) is 1. The first-order valence-corrected chi connectivity index (χ1v) is 8.26. The number of hydrogen-bond acceptors (Lipinski definition) is 5. The molecule has 1 N–H and O–H groups in total. The topological polar surface area (TPSA) is 73.2 Å². The molecule has 0 unspecified atom stereocenters. The van der Waals surface area contributed by atoms with E-state index < -0.39 is 5.97 Å². The zero-order valence-corrected chi connectivity index (χ0v) is 13.8. The summed E-state index contributed by atoms with van der Waals surface area (Å²) in [5.41, 5.74) is 3.07. The van der Waals surface area contributed by atoms with Crippen molar-refractivity contribution in [1.82, 2.24) is 9.78 Å². The Bertz CT molecular complexity index is 770. The molecule has 7 heteroatoms. The molecule has 1 aromatic heterocycles. The smallest absolute Gasteiger partial charge is 0.338 e. The van der Waals surface area contributed by atoms with E-state index in [4.69, 9.17) is 4.74 Å². The first-order chi connectivity index (χ1) is 11.0. The Labute approximate surface area is 138 Å². The Morgan fingerprint density at radius 2 is 2.22 bits per heavy atom. The van der Waals surface area contributed by atoms with Gasteiger partial charge in [0.05, 0.1) is 29.2 Å². The van der Waals surface area contributed by atoms with E-state index in [0.717, 1.165) is 16.3 Å². The van der Waals surface area contributed by atoms with Gasteiger partial charge in [-0.1, -0.05) is 0 Å². The number of rotatable bonds is 4. The molecule has 1 amide bonds. The van der Waals surface area contributed by atoms with Gasteiger partial charge in [-0.15, -0.1) is 11.8 Å². The van der Waals surface area contributed by atoms with E-state index in [1.165, 1.54) is 11.8 Å². The highest BCUT2D eigenvalue weighted by Crippen LogP contribution is 2.32. The average molecular weight is 331 g/mol. The first kappa shape index (κ1) is 15.6. The Balaban J connectivity index is 1.61. The highest BCUT2D eigenvalue weighted by atomic mass is 32.2. The largest absolute Gasteiger partial charge is 0.460 e. The first-order valence-electron chi connectivity index (χ1n) is 7.28. The molecule has 0 aliphatic carbocycles. The van der Waals surface area contributed by atoms with Gasteiger partial charge in [-0.25, -0.2) is 4.79 Å². The number of amides is 1. The molecule has 120 valence electrons. The van der Waals surface area contributed by atoms with Gasteiger partial charge in [-0.05, 0) is 38.1 Å². The summed E-state index contributed by atoms with van der Waals surface area (Å²) in [4.78, 5) is 24.5. The molecular formula is C16H17N3O3S. The molecule has 0 saturated heterocycles. The second-order valence-electron chi connectivity index (χ2n) is 5.33. The Hall–Kier alpha value is -2.28. The molecule has 0 atom stereocenters. The van der Waals surface area contributed by atoms with Gasteiger partial charge in [-0.2, -0.15) is 5.10 Å². The fraction of sp³-hybridized carbons (Fsp3) is 0.312. The molecule has 0 saturated carbocycles. The Morgan fingerprint density at radius 3 is 2.96 bits per heavy atom. The van der Waals surface area contributed by atoms with Gasteiger partial charge in [0.2, 0.25) is 5.91 Å². The highest BCUT2D eigenvalue weighted by molar-refractivity contribution is 8.00. The molecule has 0 spiro atoms. The van der Waals surface area contributed by atoms with Crippen molar-refractivity contribution in [3.05, 3.63) is 41.2 Å². The summed E-state index contributed by atoms with van der Waals surface area (Å²) in [5.74, 6) is -0.0592. The summed E-state index contributed by atoms with van der Waals surface area (Å²) in [6.07, 6.45) is 0. The third kappa shape index (κ3) is 3.56. The van der Waals surface area contributed by atoms with Crippen molar-refractivity contribution < 1.29 is 14.3 Å². The summed E-state index contributed by atoms with van der Waals surface area (Å²) in [5, 5.41) is 7.09. The van der Waals surface area contributed by atoms with Crippen molar-refractivity contribution in [2.45, 2.75) is 25.3 Å².